The zero-order chi connectivity index (χ0) is 13.4. The third-order valence-electron chi connectivity index (χ3n) is 3.94. The first-order chi connectivity index (χ1) is 9.15. The highest BCUT2D eigenvalue weighted by Crippen LogP contribution is 2.26. The topological polar surface area (TPSA) is 69.2 Å². The van der Waals surface area contributed by atoms with Gasteiger partial charge in [-0.15, -0.1) is 0 Å². The van der Waals surface area contributed by atoms with Gasteiger partial charge in [-0.2, -0.15) is 0 Å². The van der Waals surface area contributed by atoms with Crippen LogP contribution in [0.25, 0.3) is 11.0 Å². The van der Waals surface area contributed by atoms with Crippen LogP contribution in [0.1, 0.15) is 12.5 Å². The quantitative estimate of drug-likeness (QED) is 0.880. The predicted molar refractivity (Wildman–Crippen MR) is 71.7 cm³/mol. The summed E-state index contributed by atoms with van der Waals surface area (Å²) in [6.07, 6.45) is 3.73. The second kappa shape index (κ2) is 4.66. The molecule has 0 amide bonds. The van der Waals surface area contributed by atoms with E-state index in [2.05, 4.69) is 14.9 Å². The Morgan fingerprint density at radius 1 is 1.58 bits per heavy atom. The predicted octanol–water partition coefficient (Wildman–Crippen LogP) is 1.72. The number of carboxylic acid groups (broad SMARTS) is 1. The van der Waals surface area contributed by atoms with Crippen LogP contribution in [0.3, 0.4) is 0 Å². The van der Waals surface area contributed by atoms with E-state index in [1.165, 1.54) is 5.56 Å². The van der Waals surface area contributed by atoms with Crippen LogP contribution in [-0.4, -0.2) is 39.0 Å². The largest absolute Gasteiger partial charge is 0.481 e. The van der Waals surface area contributed by atoms with Gasteiger partial charge in [-0.3, -0.25) is 9.69 Å². The van der Waals surface area contributed by atoms with Crippen LogP contribution in [0.5, 0.6) is 0 Å². The summed E-state index contributed by atoms with van der Waals surface area (Å²) in [7, 11) is 0. The number of aliphatic carboxylic acids is 1. The van der Waals surface area contributed by atoms with Crippen molar-refractivity contribution in [2.24, 2.45) is 11.8 Å². The number of H-pyrrole nitrogens is 1. The van der Waals surface area contributed by atoms with Crippen LogP contribution in [0.2, 0.25) is 0 Å². The van der Waals surface area contributed by atoms with Crippen molar-refractivity contribution < 1.29 is 9.90 Å². The molecule has 100 valence electrons. The first-order valence-corrected chi connectivity index (χ1v) is 6.51. The molecule has 5 heteroatoms. The molecule has 2 aromatic rings. The Bertz CT molecular complexity index is 608. The van der Waals surface area contributed by atoms with Gasteiger partial charge in [0.2, 0.25) is 0 Å². The van der Waals surface area contributed by atoms with Crippen molar-refractivity contribution in [3.8, 4) is 0 Å². The van der Waals surface area contributed by atoms with Gasteiger partial charge >= 0.3 is 5.97 Å². The summed E-state index contributed by atoms with van der Waals surface area (Å²) in [5.74, 6) is -0.722. The number of pyridine rings is 1. The average molecular weight is 259 g/mol. The number of carboxylic acids is 1. The number of nitrogens with zero attached hydrogens (tertiary/aromatic N) is 2. The fourth-order valence-electron chi connectivity index (χ4n) is 2.90. The van der Waals surface area contributed by atoms with Crippen molar-refractivity contribution in [3.05, 3.63) is 30.1 Å². The minimum Gasteiger partial charge on any atom is -0.481 e. The Labute approximate surface area is 111 Å². The van der Waals surface area contributed by atoms with Crippen LogP contribution in [0.4, 0.5) is 0 Å². The molecular formula is C14H17N3O2. The number of rotatable bonds is 3. The van der Waals surface area contributed by atoms with Gasteiger partial charge in [0.05, 0.1) is 5.92 Å². The first kappa shape index (κ1) is 12.2. The summed E-state index contributed by atoms with van der Waals surface area (Å²) in [6, 6.07) is 3.97. The summed E-state index contributed by atoms with van der Waals surface area (Å²) in [5.41, 5.74) is 2.07. The Balaban J connectivity index is 1.78. The fraction of sp³-hybridized carbons (Fsp3) is 0.429. The van der Waals surface area contributed by atoms with Crippen molar-refractivity contribution in [3.63, 3.8) is 0 Å². The minimum absolute atomic E-state index is 0.209. The maximum atomic E-state index is 11.1. The average Bonchev–Trinajstić information content (AvgIpc) is 2.95. The van der Waals surface area contributed by atoms with E-state index in [0.29, 0.717) is 6.54 Å². The van der Waals surface area contributed by atoms with Gasteiger partial charge in [-0.1, -0.05) is 6.92 Å². The number of aromatic amines is 1. The van der Waals surface area contributed by atoms with E-state index in [9.17, 15) is 4.79 Å². The zero-order valence-corrected chi connectivity index (χ0v) is 10.8. The lowest BCUT2D eigenvalue weighted by Gasteiger charge is -2.14. The molecule has 1 fully saturated rings. The second-order valence-electron chi connectivity index (χ2n) is 5.33. The van der Waals surface area contributed by atoms with Gasteiger partial charge in [0.25, 0.3) is 0 Å². The molecular weight excluding hydrogens is 242 g/mol. The monoisotopic (exact) mass is 259 g/mol. The number of hydrogen-bond acceptors (Lipinski definition) is 3. The molecule has 3 rings (SSSR count). The molecule has 0 radical (unpaired) electrons. The van der Waals surface area contributed by atoms with Gasteiger partial charge in [0.15, 0.2) is 0 Å². The lowest BCUT2D eigenvalue weighted by Crippen LogP contribution is -2.23. The van der Waals surface area contributed by atoms with E-state index >= 15 is 0 Å². The summed E-state index contributed by atoms with van der Waals surface area (Å²) in [6.45, 7) is 4.25. The van der Waals surface area contributed by atoms with E-state index in [4.69, 9.17) is 5.11 Å². The molecule has 0 aromatic carbocycles. The molecule has 0 spiro atoms. The fourth-order valence-corrected chi connectivity index (χ4v) is 2.90. The lowest BCUT2D eigenvalue weighted by atomic mass is 9.99. The molecule has 3 heterocycles. The number of likely N-dealkylation sites (tertiary alicyclic amines) is 1. The number of hydrogen-bond donors (Lipinski definition) is 2. The van der Waals surface area contributed by atoms with Gasteiger partial charge in [0.1, 0.15) is 5.65 Å². The molecule has 1 aliphatic rings. The Hall–Kier alpha value is -1.88. The molecule has 0 bridgehead atoms. The molecule has 1 saturated heterocycles. The molecule has 1 aliphatic heterocycles. The van der Waals surface area contributed by atoms with Crippen molar-refractivity contribution in [1.82, 2.24) is 14.9 Å². The van der Waals surface area contributed by atoms with Crippen molar-refractivity contribution in [2.75, 3.05) is 13.1 Å². The van der Waals surface area contributed by atoms with E-state index < -0.39 is 5.97 Å². The molecule has 5 nitrogen and oxygen atoms in total. The van der Waals surface area contributed by atoms with Gasteiger partial charge < -0.3 is 10.1 Å². The number of fused-ring (bicyclic) bond motifs is 1. The third kappa shape index (κ3) is 2.21. The van der Waals surface area contributed by atoms with Crippen LogP contribution < -0.4 is 0 Å². The standard InChI is InChI=1S/C14H17N3O2/c1-9-6-17(8-12(9)14(18)19)7-10-5-16-13-11(10)3-2-4-15-13/h2-5,9,12H,6-8H2,1H3,(H,15,16)(H,18,19)/t9-,12-/m1/s1. The second-order valence-corrected chi connectivity index (χ2v) is 5.33. The maximum Gasteiger partial charge on any atom is 0.308 e. The van der Waals surface area contributed by atoms with Gasteiger partial charge in [0, 0.05) is 37.4 Å². The summed E-state index contributed by atoms with van der Waals surface area (Å²) in [4.78, 5) is 20.8. The Morgan fingerprint density at radius 2 is 2.42 bits per heavy atom. The number of aromatic nitrogens is 2. The van der Waals surface area contributed by atoms with E-state index in [-0.39, 0.29) is 11.8 Å². The Morgan fingerprint density at radius 3 is 3.16 bits per heavy atom. The number of carbonyl (C=O) groups is 1. The molecule has 0 unspecified atom stereocenters. The number of nitrogens with one attached hydrogen (secondary N) is 1. The highest BCUT2D eigenvalue weighted by molar-refractivity contribution is 5.79. The van der Waals surface area contributed by atoms with Gasteiger partial charge in [-0.25, -0.2) is 4.98 Å². The van der Waals surface area contributed by atoms with E-state index in [1.54, 1.807) is 6.20 Å². The molecule has 0 saturated carbocycles. The first-order valence-electron chi connectivity index (χ1n) is 6.51. The molecule has 2 N–H and O–H groups in total. The molecule has 19 heavy (non-hydrogen) atoms. The molecule has 2 atom stereocenters. The zero-order valence-electron chi connectivity index (χ0n) is 10.8. The smallest absolute Gasteiger partial charge is 0.308 e. The minimum atomic E-state index is -0.685. The van der Waals surface area contributed by atoms with Crippen molar-refractivity contribution in [2.45, 2.75) is 13.5 Å². The third-order valence-corrected chi connectivity index (χ3v) is 3.94. The summed E-state index contributed by atoms with van der Waals surface area (Å²) >= 11 is 0. The summed E-state index contributed by atoms with van der Waals surface area (Å²) < 4.78 is 0. The molecule has 2 aromatic heterocycles. The molecule has 0 aliphatic carbocycles. The normalized spacial score (nSPS) is 24.1. The lowest BCUT2D eigenvalue weighted by molar-refractivity contribution is -0.142. The maximum absolute atomic E-state index is 11.1. The van der Waals surface area contributed by atoms with Crippen molar-refractivity contribution in [1.29, 1.82) is 0 Å². The van der Waals surface area contributed by atoms with Crippen LogP contribution in [0.15, 0.2) is 24.5 Å². The summed E-state index contributed by atoms with van der Waals surface area (Å²) in [5, 5.41) is 10.3. The van der Waals surface area contributed by atoms with E-state index in [0.717, 1.165) is 24.1 Å². The van der Waals surface area contributed by atoms with Gasteiger partial charge in [-0.05, 0) is 23.6 Å². The highest BCUT2D eigenvalue weighted by Gasteiger charge is 2.34. The van der Waals surface area contributed by atoms with Crippen LogP contribution in [-0.2, 0) is 11.3 Å². The Kier molecular flexibility index (Phi) is 2.98. The van der Waals surface area contributed by atoms with Crippen molar-refractivity contribution >= 4 is 17.0 Å². The van der Waals surface area contributed by atoms with Crippen LogP contribution in [0, 0.1) is 11.8 Å². The SMILES string of the molecule is C[C@@H]1CN(Cc2c[nH]c3ncccc23)C[C@H]1C(=O)O. The van der Waals surface area contributed by atoms with E-state index in [1.807, 2.05) is 25.3 Å². The van der Waals surface area contributed by atoms with Crippen LogP contribution >= 0.6 is 0 Å². The highest BCUT2D eigenvalue weighted by atomic mass is 16.4.